The third-order valence-electron chi connectivity index (χ3n) is 5.58. The number of primary amides is 1. The predicted octanol–water partition coefficient (Wildman–Crippen LogP) is 0.963. The van der Waals surface area contributed by atoms with Crippen molar-refractivity contribution in [2.24, 2.45) is 5.73 Å². The van der Waals surface area contributed by atoms with E-state index in [9.17, 15) is 9.59 Å². The SMILES string of the molecule is N#Cc1cn[nH]c1C(=O)N1CCCC(OCc2cn(C(Cc3ccccc3)C(N)=O)nn2)C1. The average Bonchev–Trinajstić information content (AvgIpc) is 3.51. The highest BCUT2D eigenvalue weighted by molar-refractivity contribution is 5.94. The summed E-state index contributed by atoms with van der Waals surface area (Å²) in [5.41, 5.74) is 7.55. The van der Waals surface area contributed by atoms with Gasteiger partial charge in [-0.25, -0.2) is 4.68 Å². The number of piperidine rings is 1. The summed E-state index contributed by atoms with van der Waals surface area (Å²) in [5.74, 6) is -0.762. The number of hydrogen-bond donors (Lipinski definition) is 2. The van der Waals surface area contributed by atoms with Crippen LogP contribution in [0.25, 0.3) is 0 Å². The first-order chi connectivity index (χ1) is 16.0. The summed E-state index contributed by atoms with van der Waals surface area (Å²) in [6, 6.07) is 10.9. The molecule has 11 nitrogen and oxygen atoms in total. The third kappa shape index (κ3) is 5.24. The van der Waals surface area contributed by atoms with Gasteiger partial charge in [0, 0.05) is 19.5 Å². The number of aromatic amines is 1. The van der Waals surface area contributed by atoms with Crippen molar-refractivity contribution in [3.8, 4) is 6.07 Å². The lowest BCUT2D eigenvalue weighted by atomic mass is 10.1. The van der Waals surface area contributed by atoms with Crippen LogP contribution in [0.2, 0.25) is 0 Å². The first-order valence-corrected chi connectivity index (χ1v) is 10.6. The number of aromatic nitrogens is 5. The quantitative estimate of drug-likeness (QED) is 0.520. The Hall–Kier alpha value is -4.04. The topological polar surface area (TPSA) is 156 Å². The van der Waals surface area contributed by atoms with E-state index in [4.69, 9.17) is 15.7 Å². The van der Waals surface area contributed by atoms with Crippen molar-refractivity contribution in [3.05, 3.63) is 65.2 Å². The van der Waals surface area contributed by atoms with Gasteiger partial charge in [0.05, 0.1) is 25.1 Å². The molecule has 33 heavy (non-hydrogen) atoms. The van der Waals surface area contributed by atoms with Gasteiger partial charge >= 0.3 is 0 Å². The molecule has 1 aliphatic rings. The molecule has 1 aromatic carbocycles. The van der Waals surface area contributed by atoms with Crippen LogP contribution in [0.3, 0.4) is 0 Å². The second-order valence-corrected chi connectivity index (χ2v) is 7.89. The molecule has 1 aliphatic heterocycles. The van der Waals surface area contributed by atoms with Crippen LogP contribution in [0.1, 0.15) is 46.2 Å². The fraction of sp³-hybridized carbons (Fsp3) is 0.364. The Balaban J connectivity index is 1.35. The normalized spacial score (nSPS) is 16.8. The Morgan fingerprint density at radius 2 is 2.15 bits per heavy atom. The molecule has 1 fully saturated rings. The van der Waals surface area contributed by atoms with E-state index in [2.05, 4.69) is 20.5 Å². The summed E-state index contributed by atoms with van der Waals surface area (Å²) in [6.07, 6.45) is 4.80. The molecule has 1 saturated heterocycles. The first-order valence-electron chi connectivity index (χ1n) is 10.6. The lowest BCUT2D eigenvalue weighted by molar-refractivity contribution is -0.121. The van der Waals surface area contributed by atoms with Crippen molar-refractivity contribution >= 4 is 11.8 Å². The van der Waals surface area contributed by atoms with Crippen molar-refractivity contribution in [1.82, 2.24) is 30.1 Å². The zero-order chi connectivity index (χ0) is 23.2. The summed E-state index contributed by atoms with van der Waals surface area (Å²) in [7, 11) is 0. The molecule has 0 radical (unpaired) electrons. The number of rotatable bonds is 8. The molecule has 3 aromatic rings. The van der Waals surface area contributed by atoms with Gasteiger partial charge in [-0.05, 0) is 18.4 Å². The second-order valence-electron chi connectivity index (χ2n) is 7.89. The molecule has 11 heteroatoms. The third-order valence-corrected chi connectivity index (χ3v) is 5.58. The maximum absolute atomic E-state index is 12.7. The molecule has 2 atom stereocenters. The number of nitrogens with two attached hydrogens (primary N) is 1. The lowest BCUT2D eigenvalue weighted by Gasteiger charge is -2.32. The molecule has 2 unspecified atom stereocenters. The number of carbonyl (C=O) groups is 2. The van der Waals surface area contributed by atoms with E-state index in [0.717, 1.165) is 18.4 Å². The summed E-state index contributed by atoms with van der Waals surface area (Å²) in [6.45, 7) is 1.17. The number of hydrogen-bond acceptors (Lipinski definition) is 7. The van der Waals surface area contributed by atoms with Gasteiger partial charge in [0.2, 0.25) is 5.91 Å². The molecule has 0 aliphatic carbocycles. The predicted molar refractivity (Wildman–Crippen MR) is 115 cm³/mol. The summed E-state index contributed by atoms with van der Waals surface area (Å²) < 4.78 is 7.44. The van der Waals surface area contributed by atoms with Crippen molar-refractivity contribution in [1.29, 1.82) is 5.26 Å². The highest BCUT2D eigenvalue weighted by atomic mass is 16.5. The van der Waals surface area contributed by atoms with E-state index in [1.54, 1.807) is 11.1 Å². The molecule has 3 heterocycles. The van der Waals surface area contributed by atoms with Crippen LogP contribution < -0.4 is 5.73 Å². The first kappa shape index (κ1) is 22.2. The largest absolute Gasteiger partial charge is 0.370 e. The highest BCUT2D eigenvalue weighted by Crippen LogP contribution is 2.19. The van der Waals surface area contributed by atoms with Crippen LogP contribution in [0, 0.1) is 11.3 Å². The molecule has 3 N–H and O–H groups in total. The van der Waals surface area contributed by atoms with Gasteiger partial charge < -0.3 is 15.4 Å². The molecule has 2 amide bonds. The van der Waals surface area contributed by atoms with Crippen LogP contribution >= 0.6 is 0 Å². The van der Waals surface area contributed by atoms with E-state index in [1.165, 1.54) is 10.9 Å². The Morgan fingerprint density at radius 1 is 1.33 bits per heavy atom. The number of ether oxygens (including phenoxy) is 1. The van der Waals surface area contributed by atoms with Crippen LogP contribution in [0.15, 0.2) is 42.7 Å². The molecule has 2 aromatic heterocycles. The minimum atomic E-state index is -0.653. The van der Waals surface area contributed by atoms with Crippen LogP contribution in [0.4, 0.5) is 0 Å². The highest BCUT2D eigenvalue weighted by Gasteiger charge is 2.28. The van der Waals surface area contributed by atoms with Gasteiger partial charge in [-0.15, -0.1) is 5.10 Å². The Morgan fingerprint density at radius 3 is 2.91 bits per heavy atom. The van der Waals surface area contributed by atoms with Gasteiger partial charge in [0.15, 0.2) is 0 Å². The van der Waals surface area contributed by atoms with Gasteiger partial charge in [-0.3, -0.25) is 14.7 Å². The Labute approximate surface area is 190 Å². The Bertz CT molecular complexity index is 1150. The molecule has 0 spiro atoms. The number of amides is 2. The van der Waals surface area contributed by atoms with Crippen molar-refractivity contribution in [2.75, 3.05) is 13.1 Å². The van der Waals surface area contributed by atoms with Gasteiger partial charge in [-0.2, -0.15) is 10.4 Å². The minimum Gasteiger partial charge on any atom is -0.370 e. The number of nitrogens with zero attached hydrogens (tertiary/aromatic N) is 6. The summed E-state index contributed by atoms with van der Waals surface area (Å²) in [5, 5.41) is 23.7. The molecule has 170 valence electrons. The number of carbonyl (C=O) groups excluding carboxylic acids is 2. The van der Waals surface area contributed by atoms with Gasteiger partial charge in [-0.1, -0.05) is 35.5 Å². The Kier molecular flexibility index (Phi) is 6.75. The fourth-order valence-corrected chi connectivity index (χ4v) is 3.85. The van der Waals surface area contributed by atoms with E-state index >= 15 is 0 Å². The lowest BCUT2D eigenvalue weighted by Crippen LogP contribution is -2.43. The number of H-pyrrole nitrogens is 1. The van der Waals surface area contributed by atoms with Crippen LogP contribution in [-0.2, 0) is 22.6 Å². The zero-order valence-electron chi connectivity index (χ0n) is 17.9. The van der Waals surface area contributed by atoms with Crippen molar-refractivity contribution < 1.29 is 14.3 Å². The number of nitriles is 1. The van der Waals surface area contributed by atoms with Crippen LogP contribution in [0.5, 0.6) is 0 Å². The molecular formula is C22H24N8O3. The maximum atomic E-state index is 12.7. The molecule has 0 saturated carbocycles. The molecule has 4 rings (SSSR count). The zero-order valence-corrected chi connectivity index (χ0v) is 17.9. The van der Waals surface area contributed by atoms with Gasteiger partial charge in [0.25, 0.3) is 5.91 Å². The number of nitrogens with one attached hydrogen (secondary N) is 1. The molecule has 0 bridgehead atoms. The van der Waals surface area contributed by atoms with E-state index in [-0.39, 0.29) is 29.9 Å². The van der Waals surface area contributed by atoms with Gasteiger partial charge in [0.1, 0.15) is 29.1 Å². The molecular weight excluding hydrogens is 424 g/mol. The monoisotopic (exact) mass is 448 g/mol. The summed E-state index contributed by atoms with van der Waals surface area (Å²) >= 11 is 0. The number of benzene rings is 1. The average molecular weight is 448 g/mol. The maximum Gasteiger partial charge on any atom is 0.273 e. The summed E-state index contributed by atoms with van der Waals surface area (Å²) in [4.78, 5) is 26.4. The second kappa shape index (κ2) is 10.1. The van der Waals surface area contributed by atoms with E-state index < -0.39 is 11.9 Å². The number of likely N-dealkylation sites (tertiary alicyclic amines) is 1. The fourth-order valence-electron chi connectivity index (χ4n) is 3.85. The smallest absolute Gasteiger partial charge is 0.273 e. The van der Waals surface area contributed by atoms with Crippen molar-refractivity contribution in [3.63, 3.8) is 0 Å². The van der Waals surface area contributed by atoms with Crippen LogP contribution in [-0.4, -0.2) is 61.1 Å². The van der Waals surface area contributed by atoms with Crippen molar-refractivity contribution in [2.45, 2.75) is 38.0 Å². The minimum absolute atomic E-state index is 0.183. The van der Waals surface area contributed by atoms with E-state index in [0.29, 0.717) is 25.2 Å². The standard InChI is InChI=1S/C22H24N8O3/c23-10-16-11-25-27-20(16)22(32)29-8-4-7-18(13-29)33-14-17-12-30(28-26-17)19(21(24)31)9-15-5-2-1-3-6-15/h1-3,5-6,11-12,18-19H,4,7-9,13-14H2,(H2,24,31)(H,25,27). The van der Waals surface area contributed by atoms with E-state index in [1.807, 2.05) is 36.4 Å².